The number of nitrogens with zero attached hydrogens (tertiary/aromatic N) is 2. The van der Waals surface area contributed by atoms with Crippen molar-refractivity contribution in [2.75, 3.05) is 0 Å². The molecule has 1 aromatic rings. The van der Waals surface area contributed by atoms with Crippen LogP contribution in [-0.4, -0.2) is 20.2 Å². The van der Waals surface area contributed by atoms with Gasteiger partial charge in [0, 0.05) is 12.2 Å². The number of halogens is 1. The fourth-order valence-corrected chi connectivity index (χ4v) is 1.82. The topological polar surface area (TPSA) is 81.3 Å². The van der Waals surface area contributed by atoms with Crippen LogP contribution in [0.15, 0.2) is 20.3 Å². The molecule has 0 aliphatic rings. The molecule has 1 rings (SSSR count). The highest BCUT2D eigenvalue weighted by Crippen LogP contribution is 2.08. The van der Waals surface area contributed by atoms with Crippen LogP contribution in [0.2, 0.25) is 0 Å². The summed E-state index contributed by atoms with van der Waals surface area (Å²) >= 11 is 3.03. The van der Waals surface area contributed by atoms with Gasteiger partial charge < -0.3 is 5.11 Å². The number of hydrogen-bond acceptors (Lipinski definition) is 3. The second kappa shape index (κ2) is 4.87. The molecule has 0 saturated carbocycles. The number of aliphatic carboxylic acids is 1. The van der Waals surface area contributed by atoms with Crippen molar-refractivity contribution >= 4 is 21.9 Å². The molecule has 0 aliphatic heterocycles. The zero-order chi connectivity index (χ0) is 13.3. The number of carboxylic acid groups (broad SMARTS) is 1. The summed E-state index contributed by atoms with van der Waals surface area (Å²) in [6, 6.07) is -1.36. The predicted octanol–water partition coefficient (Wildman–Crippen LogP) is 0.999. The molecule has 1 unspecified atom stereocenters. The first-order chi connectivity index (χ1) is 7.77. The van der Waals surface area contributed by atoms with Crippen molar-refractivity contribution in [2.45, 2.75) is 32.9 Å². The van der Waals surface area contributed by atoms with Crippen molar-refractivity contribution in [3.63, 3.8) is 0 Å². The molecule has 0 amide bonds. The molecule has 7 heteroatoms. The van der Waals surface area contributed by atoms with E-state index in [0.717, 1.165) is 9.13 Å². The molecule has 6 nitrogen and oxygen atoms in total. The number of carboxylic acids is 1. The van der Waals surface area contributed by atoms with Gasteiger partial charge in [-0.2, -0.15) is 0 Å². The van der Waals surface area contributed by atoms with Gasteiger partial charge in [-0.05, 0) is 36.7 Å². The molecule has 0 radical (unpaired) electrons. The van der Waals surface area contributed by atoms with Crippen molar-refractivity contribution in [1.82, 2.24) is 9.13 Å². The Labute approximate surface area is 106 Å². The minimum absolute atomic E-state index is 0.166. The first kappa shape index (κ1) is 13.7. The van der Waals surface area contributed by atoms with Crippen LogP contribution < -0.4 is 11.2 Å². The lowest BCUT2D eigenvalue weighted by Crippen LogP contribution is -2.43. The standard InChI is InChI=1S/C10H13BrN2O4/c1-5(2)13-8(14)7(11)4-12(10(13)17)6(3)9(15)16/h4-6H,1-3H3,(H,15,16). The predicted molar refractivity (Wildman–Crippen MR) is 65.4 cm³/mol. The Morgan fingerprint density at radius 2 is 1.88 bits per heavy atom. The van der Waals surface area contributed by atoms with Gasteiger partial charge in [0.15, 0.2) is 0 Å². The summed E-state index contributed by atoms with van der Waals surface area (Å²) in [6.07, 6.45) is 1.21. The van der Waals surface area contributed by atoms with Gasteiger partial charge >= 0.3 is 11.7 Å². The lowest BCUT2D eigenvalue weighted by molar-refractivity contribution is -0.140. The quantitative estimate of drug-likeness (QED) is 0.903. The van der Waals surface area contributed by atoms with Gasteiger partial charge in [0.25, 0.3) is 5.56 Å². The SMILES string of the molecule is CC(C(=O)O)n1cc(Br)c(=O)n(C(C)C)c1=O. The van der Waals surface area contributed by atoms with Gasteiger partial charge in [0.2, 0.25) is 0 Å². The van der Waals surface area contributed by atoms with E-state index in [4.69, 9.17) is 5.11 Å². The highest BCUT2D eigenvalue weighted by Gasteiger charge is 2.19. The minimum Gasteiger partial charge on any atom is -0.480 e. The Morgan fingerprint density at radius 1 is 1.35 bits per heavy atom. The van der Waals surface area contributed by atoms with Gasteiger partial charge in [-0.15, -0.1) is 0 Å². The average molecular weight is 305 g/mol. The maximum absolute atomic E-state index is 12.0. The highest BCUT2D eigenvalue weighted by molar-refractivity contribution is 9.10. The van der Waals surface area contributed by atoms with E-state index < -0.39 is 23.3 Å². The Bertz CT molecular complexity index is 558. The maximum atomic E-state index is 12.0. The maximum Gasteiger partial charge on any atom is 0.332 e. The van der Waals surface area contributed by atoms with Gasteiger partial charge in [-0.25, -0.2) is 9.59 Å². The Morgan fingerprint density at radius 3 is 2.29 bits per heavy atom. The van der Waals surface area contributed by atoms with Gasteiger partial charge in [-0.1, -0.05) is 0 Å². The molecular formula is C10H13BrN2O4. The molecule has 0 aromatic carbocycles. The molecule has 1 heterocycles. The molecule has 1 aromatic heterocycles. The van der Waals surface area contributed by atoms with Crippen LogP contribution in [0, 0.1) is 0 Å². The van der Waals surface area contributed by atoms with Crippen LogP contribution in [-0.2, 0) is 4.79 Å². The van der Waals surface area contributed by atoms with E-state index in [1.807, 2.05) is 0 Å². The van der Waals surface area contributed by atoms with Gasteiger partial charge in [-0.3, -0.25) is 13.9 Å². The number of aromatic nitrogens is 2. The summed E-state index contributed by atoms with van der Waals surface area (Å²) in [6.45, 7) is 4.75. The zero-order valence-corrected chi connectivity index (χ0v) is 11.3. The van der Waals surface area contributed by atoms with E-state index in [2.05, 4.69) is 15.9 Å². The van der Waals surface area contributed by atoms with E-state index in [1.165, 1.54) is 13.1 Å². The second-order valence-corrected chi connectivity index (χ2v) is 4.80. The summed E-state index contributed by atoms with van der Waals surface area (Å²) < 4.78 is 2.20. The number of hydrogen-bond donors (Lipinski definition) is 1. The number of carbonyl (C=O) groups is 1. The van der Waals surface area contributed by atoms with Crippen LogP contribution in [0.5, 0.6) is 0 Å². The summed E-state index contributed by atoms with van der Waals surface area (Å²) in [4.78, 5) is 34.6. The van der Waals surface area contributed by atoms with Crippen LogP contribution in [0.1, 0.15) is 32.9 Å². The lowest BCUT2D eigenvalue weighted by atomic mass is 10.3. The van der Waals surface area contributed by atoms with Crippen molar-refractivity contribution < 1.29 is 9.90 Å². The third-order valence-electron chi connectivity index (χ3n) is 2.39. The van der Waals surface area contributed by atoms with Crippen molar-refractivity contribution in [1.29, 1.82) is 0 Å². The van der Waals surface area contributed by atoms with Crippen LogP contribution in [0.4, 0.5) is 0 Å². The normalized spacial score (nSPS) is 12.8. The van der Waals surface area contributed by atoms with E-state index in [0.29, 0.717) is 0 Å². The van der Waals surface area contributed by atoms with E-state index in [9.17, 15) is 14.4 Å². The first-order valence-electron chi connectivity index (χ1n) is 5.03. The van der Waals surface area contributed by atoms with E-state index in [-0.39, 0.29) is 10.5 Å². The smallest absolute Gasteiger partial charge is 0.332 e. The molecule has 0 aliphatic carbocycles. The fraction of sp³-hybridized carbons (Fsp3) is 0.500. The highest BCUT2D eigenvalue weighted by atomic mass is 79.9. The third kappa shape index (κ3) is 2.49. The van der Waals surface area contributed by atoms with Crippen molar-refractivity contribution in [3.05, 3.63) is 31.5 Å². The van der Waals surface area contributed by atoms with E-state index >= 15 is 0 Å². The number of rotatable bonds is 3. The molecule has 0 bridgehead atoms. The van der Waals surface area contributed by atoms with Gasteiger partial charge in [0.05, 0.1) is 4.47 Å². The molecule has 94 valence electrons. The first-order valence-corrected chi connectivity index (χ1v) is 5.82. The molecule has 0 saturated heterocycles. The third-order valence-corrected chi connectivity index (χ3v) is 2.94. The second-order valence-electron chi connectivity index (χ2n) is 3.95. The molecule has 0 spiro atoms. The van der Waals surface area contributed by atoms with Crippen LogP contribution in [0.3, 0.4) is 0 Å². The largest absolute Gasteiger partial charge is 0.480 e. The van der Waals surface area contributed by atoms with Crippen molar-refractivity contribution in [2.24, 2.45) is 0 Å². The molecule has 17 heavy (non-hydrogen) atoms. The summed E-state index contributed by atoms with van der Waals surface area (Å²) in [5.41, 5.74) is -1.08. The molecular weight excluding hydrogens is 292 g/mol. The minimum atomic E-state index is -1.13. The fourth-order valence-electron chi connectivity index (χ4n) is 1.41. The Hall–Kier alpha value is -1.37. The molecule has 0 fully saturated rings. The molecule has 1 atom stereocenters. The van der Waals surface area contributed by atoms with Crippen LogP contribution in [0.25, 0.3) is 0 Å². The lowest BCUT2D eigenvalue weighted by Gasteiger charge is -2.15. The Kier molecular flexibility index (Phi) is 3.92. The monoisotopic (exact) mass is 304 g/mol. The zero-order valence-electron chi connectivity index (χ0n) is 9.68. The summed E-state index contributed by atoms with van der Waals surface area (Å²) in [5, 5.41) is 8.89. The summed E-state index contributed by atoms with van der Waals surface area (Å²) in [7, 11) is 0. The van der Waals surface area contributed by atoms with E-state index in [1.54, 1.807) is 13.8 Å². The van der Waals surface area contributed by atoms with Crippen LogP contribution >= 0.6 is 15.9 Å². The average Bonchev–Trinajstić information content (AvgIpc) is 2.22. The summed E-state index contributed by atoms with van der Waals surface area (Å²) in [5.74, 6) is -1.13. The Balaban J connectivity index is 3.62. The van der Waals surface area contributed by atoms with Crippen molar-refractivity contribution in [3.8, 4) is 0 Å². The van der Waals surface area contributed by atoms with Gasteiger partial charge in [0.1, 0.15) is 6.04 Å². The molecule has 1 N–H and O–H groups in total.